The molecule has 206 valence electrons. The molecule has 9 heteroatoms. The molecule has 5 rings (SSSR count). The van der Waals surface area contributed by atoms with E-state index in [1.165, 1.54) is 35.4 Å². The van der Waals surface area contributed by atoms with E-state index < -0.39 is 10.0 Å². The van der Waals surface area contributed by atoms with Gasteiger partial charge in [0.25, 0.3) is 10.0 Å². The monoisotopic (exact) mass is 593 g/mol. The Morgan fingerprint density at radius 1 is 0.750 bits per heavy atom. The summed E-state index contributed by atoms with van der Waals surface area (Å²) in [5, 5.41) is 0.526. The Hall–Kier alpha value is -3.36. The van der Waals surface area contributed by atoms with Gasteiger partial charge in [0.2, 0.25) is 5.91 Å². The first-order valence-electron chi connectivity index (χ1n) is 13.0. The molecular weight excluding hydrogens is 565 g/mol. The molecule has 0 unspecified atom stereocenters. The topological polar surface area (TPSA) is 60.9 Å². The van der Waals surface area contributed by atoms with E-state index in [-0.39, 0.29) is 34.1 Å². The quantitative estimate of drug-likeness (QED) is 0.247. The Kier molecular flexibility index (Phi) is 8.76. The van der Waals surface area contributed by atoms with Crippen molar-refractivity contribution in [2.75, 3.05) is 37.0 Å². The highest BCUT2D eigenvalue weighted by Crippen LogP contribution is 2.33. The second kappa shape index (κ2) is 12.4. The van der Waals surface area contributed by atoms with Crippen LogP contribution in [0.15, 0.2) is 114 Å². The molecule has 4 aromatic carbocycles. The molecule has 6 nitrogen and oxygen atoms in total. The Bertz CT molecular complexity index is 1510. The van der Waals surface area contributed by atoms with Crippen LogP contribution in [-0.4, -0.2) is 56.8 Å². The van der Waals surface area contributed by atoms with Gasteiger partial charge in [-0.25, -0.2) is 8.42 Å². The van der Waals surface area contributed by atoms with Crippen LogP contribution < -0.4 is 4.31 Å². The number of carbonyl (C=O) groups is 1. The van der Waals surface area contributed by atoms with Gasteiger partial charge in [-0.05, 0) is 41.5 Å². The van der Waals surface area contributed by atoms with E-state index in [4.69, 9.17) is 23.2 Å². The molecule has 1 aliphatic heterocycles. The minimum atomic E-state index is -4.07. The summed E-state index contributed by atoms with van der Waals surface area (Å²) in [5.74, 6) is -0.291. The van der Waals surface area contributed by atoms with Gasteiger partial charge in [0.05, 0.1) is 21.6 Å². The number of benzene rings is 4. The Morgan fingerprint density at radius 3 is 1.80 bits per heavy atom. The van der Waals surface area contributed by atoms with Crippen LogP contribution in [-0.2, 0) is 14.8 Å². The lowest BCUT2D eigenvalue weighted by atomic mass is 9.96. The summed E-state index contributed by atoms with van der Waals surface area (Å²) in [6.45, 7) is 1.87. The molecule has 0 N–H and O–H groups in total. The van der Waals surface area contributed by atoms with Gasteiger partial charge >= 0.3 is 0 Å². The summed E-state index contributed by atoms with van der Waals surface area (Å²) in [5.41, 5.74) is 2.58. The maximum absolute atomic E-state index is 13.7. The van der Waals surface area contributed by atoms with Gasteiger partial charge in [0, 0.05) is 31.2 Å². The second-order valence-electron chi connectivity index (χ2n) is 9.56. The predicted octanol–water partition coefficient (Wildman–Crippen LogP) is 6.12. The maximum atomic E-state index is 13.7. The smallest absolute Gasteiger partial charge is 0.264 e. The van der Waals surface area contributed by atoms with E-state index in [9.17, 15) is 13.2 Å². The van der Waals surface area contributed by atoms with Gasteiger partial charge in [-0.3, -0.25) is 14.0 Å². The van der Waals surface area contributed by atoms with E-state index in [0.29, 0.717) is 31.2 Å². The number of hydrogen-bond donors (Lipinski definition) is 0. The first kappa shape index (κ1) is 28.2. The maximum Gasteiger partial charge on any atom is 0.264 e. The Labute approximate surface area is 245 Å². The fourth-order valence-electron chi connectivity index (χ4n) is 5.04. The van der Waals surface area contributed by atoms with Gasteiger partial charge in [0.1, 0.15) is 6.54 Å². The van der Waals surface area contributed by atoms with Gasteiger partial charge in [-0.15, -0.1) is 0 Å². The minimum Gasteiger partial charge on any atom is -0.339 e. The number of rotatable bonds is 8. The van der Waals surface area contributed by atoms with Crippen LogP contribution in [0.4, 0.5) is 5.69 Å². The van der Waals surface area contributed by atoms with E-state index in [0.717, 1.165) is 4.31 Å². The zero-order chi connectivity index (χ0) is 28.1. The van der Waals surface area contributed by atoms with Crippen LogP contribution in [0.5, 0.6) is 0 Å². The standard InChI is InChI=1S/C31H29Cl2N3O3S/c32-26-16-17-29(28(33)22-26)36(40(38,39)27-14-8-3-9-15-27)23-30(37)34-18-20-35(21-19-34)31(24-10-4-1-5-11-24)25-12-6-2-7-13-25/h1-17,22,31H,18-21,23H2. The van der Waals surface area contributed by atoms with Crippen molar-refractivity contribution in [1.29, 1.82) is 0 Å². The SMILES string of the molecule is O=C(CN(c1ccc(Cl)cc1Cl)S(=O)(=O)c1ccccc1)N1CCN(C(c2ccccc2)c2ccccc2)CC1. The molecule has 1 heterocycles. The third kappa shape index (κ3) is 6.18. The van der Waals surface area contributed by atoms with Crippen molar-refractivity contribution in [2.45, 2.75) is 10.9 Å². The van der Waals surface area contributed by atoms with Gasteiger partial charge in [-0.1, -0.05) is 102 Å². The minimum absolute atomic E-state index is 0.0579. The summed E-state index contributed by atoms with van der Waals surface area (Å²) in [6.07, 6.45) is 0. The fourth-order valence-corrected chi connectivity index (χ4v) is 7.05. The van der Waals surface area contributed by atoms with Crippen LogP contribution >= 0.6 is 23.2 Å². The molecule has 4 aromatic rings. The average molecular weight is 595 g/mol. The second-order valence-corrected chi connectivity index (χ2v) is 12.3. The van der Waals surface area contributed by atoms with Gasteiger partial charge in [-0.2, -0.15) is 0 Å². The molecular formula is C31H29Cl2N3O3S. The highest BCUT2D eigenvalue weighted by atomic mass is 35.5. The Morgan fingerprint density at radius 2 is 1.27 bits per heavy atom. The van der Waals surface area contributed by atoms with Gasteiger partial charge in [0.15, 0.2) is 0 Å². The number of carbonyl (C=O) groups excluding carboxylic acids is 1. The van der Waals surface area contributed by atoms with Crippen LogP contribution in [0.1, 0.15) is 17.2 Å². The molecule has 0 aromatic heterocycles. The number of amides is 1. The lowest BCUT2D eigenvalue weighted by Crippen LogP contribution is -2.52. The lowest BCUT2D eigenvalue weighted by Gasteiger charge is -2.40. The predicted molar refractivity (Wildman–Crippen MR) is 160 cm³/mol. The number of anilines is 1. The van der Waals surface area contributed by atoms with Crippen LogP contribution in [0, 0.1) is 0 Å². The lowest BCUT2D eigenvalue weighted by molar-refractivity contribution is -0.131. The van der Waals surface area contributed by atoms with Crippen molar-refractivity contribution in [3.05, 3.63) is 130 Å². The molecule has 1 saturated heterocycles. The molecule has 0 saturated carbocycles. The van der Waals surface area contributed by atoms with Crippen molar-refractivity contribution in [1.82, 2.24) is 9.80 Å². The largest absolute Gasteiger partial charge is 0.339 e. The summed E-state index contributed by atoms with van der Waals surface area (Å²) < 4.78 is 28.5. The van der Waals surface area contributed by atoms with E-state index in [2.05, 4.69) is 29.2 Å². The molecule has 1 amide bonds. The highest BCUT2D eigenvalue weighted by molar-refractivity contribution is 7.92. The average Bonchev–Trinajstić information content (AvgIpc) is 2.98. The summed E-state index contributed by atoms with van der Waals surface area (Å²) in [4.78, 5) is 17.7. The molecule has 0 spiro atoms. The van der Waals surface area contributed by atoms with Crippen LogP contribution in [0.3, 0.4) is 0 Å². The van der Waals surface area contributed by atoms with Crippen molar-refractivity contribution < 1.29 is 13.2 Å². The fraction of sp³-hybridized carbons (Fsp3) is 0.194. The molecule has 0 aliphatic carbocycles. The first-order chi connectivity index (χ1) is 19.3. The molecule has 1 fully saturated rings. The molecule has 40 heavy (non-hydrogen) atoms. The van der Waals surface area contributed by atoms with Crippen molar-refractivity contribution in [3.8, 4) is 0 Å². The third-order valence-electron chi connectivity index (χ3n) is 7.05. The summed E-state index contributed by atoms with van der Waals surface area (Å²) in [6, 6.07) is 33.3. The third-order valence-corrected chi connectivity index (χ3v) is 9.36. The zero-order valence-corrected chi connectivity index (χ0v) is 24.1. The van der Waals surface area contributed by atoms with Gasteiger partial charge < -0.3 is 4.90 Å². The van der Waals surface area contributed by atoms with E-state index >= 15 is 0 Å². The molecule has 0 bridgehead atoms. The van der Waals surface area contributed by atoms with Crippen molar-refractivity contribution in [3.63, 3.8) is 0 Å². The highest BCUT2D eigenvalue weighted by Gasteiger charge is 2.33. The van der Waals surface area contributed by atoms with Crippen LogP contribution in [0.25, 0.3) is 0 Å². The van der Waals surface area contributed by atoms with Crippen molar-refractivity contribution in [2.24, 2.45) is 0 Å². The van der Waals surface area contributed by atoms with E-state index in [1.807, 2.05) is 36.4 Å². The number of piperazine rings is 1. The number of halogens is 2. The number of sulfonamides is 1. The summed E-state index contributed by atoms with van der Waals surface area (Å²) in [7, 11) is -4.07. The Balaban J connectivity index is 1.36. The molecule has 0 radical (unpaired) electrons. The number of nitrogens with zero attached hydrogens (tertiary/aromatic N) is 3. The van der Waals surface area contributed by atoms with Crippen LogP contribution in [0.2, 0.25) is 10.0 Å². The molecule has 0 atom stereocenters. The number of hydrogen-bond acceptors (Lipinski definition) is 4. The summed E-state index contributed by atoms with van der Waals surface area (Å²) >= 11 is 12.5. The van der Waals surface area contributed by atoms with E-state index in [1.54, 1.807) is 29.2 Å². The first-order valence-corrected chi connectivity index (χ1v) is 15.2. The molecule has 1 aliphatic rings. The zero-order valence-electron chi connectivity index (χ0n) is 21.7. The van der Waals surface area contributed by atoms with Crippen molar-refractivity contribution >= 4 is 44.8 Å². The normalized spacial score (nSPS) is 14.3.